The first-order valence-electron chi connectivity index (χ1n) is 18.3. The molecule has 1 spiro atoms. The van der Waals surface area contributed by atoms with Crippen LogP contribution < -0.4 is 4.74 Å². The van der Waals surface area contributed by atoms with Gasteiger partial charge in [-0.3, -0.25) is 4.98 Å². The Morgan fingerprint density at radius 1 is 0.389 bits per heavy atom. The van der Waals surface area contributed by atoms with Crippen LogP contribution in [0.4, 0.5) is 0 Å². The highest BCUT2D eigenvalue weighted by molar-refractivity contribution is 5.95. The highest BCUT2D eigenvalue weighted by atomic mass is 16.5. The molecule has 0 saturated carbocycles. The van der Waals surface area contributed by atoms with Gasteiger partial charge in [-0.2, -0.15) is 0 Å². The third-order valence-electron chi connectivity index (χ3n) is 11.0. The molecule has 0 unspecified atom stereocenters. The van der Waals surface area contributed by atoms with Gasteiger partial charge in [0.05, 0.1) is 22.3 Å². The third-order valence-corrected chi connectivity index (χ3v) is 11.0. The van der Waals surface area contributed by atoms with Gasteiger partial charge in [0.2, 0.25) is 0 Å². The van der Waals surface area contributed by atoms with E-state index < -0.39 is 5.41 Å². The molecule has 2 aliphatic rings. The minimum absolute atomic E-state index is 0.661. The summed E-state index contributed by atoms with van der Waals surface area (Å²) in [5, 5.41) is 1.11. The summed E-state index contributed by atoms with van der Waals surface area (Å²) in [5.41, 5.74) is 14.3. The molecule has 3 heterocycles. The molecule has 0 bridgehead atoms. The Bertz CT molecular complexity index is 2810. The summed E-state index contributed by atoms with van der Waals surface area (Å²) in [4.78, 5) is 15.3. The second-order valence-corrected chi connectivity index (χ2v) is 13.9. The van der Waals surface area contributed by atoms with E-state index in [0.29, 0.717) is 5.82 Å². The molecule has 1 aliphatic carbocycles. The van der Waals surface area contributed by atoms with Gasteiger partial charge in [0.1, 0.15) is 11.5 Å². The predicted octanol–water partition coefficient (Wildman–Crippen LogP) is 12.2. The Hall–Kier alpha value is -7.17. The third kappa shape index (κ3) is 4.53. The van der Waals surface area contributed by atoms with Gasteiger partial charge in [-0.05, 0) is 70.3 Å². The van der Waals surface area contributed by atoms with Gasteiger partial charge < -0.3 is 4.74 Å². The fourth-order valence-corrected chi connectivity index (χ4v) is 8.64. The number of aromatic nitrogens is 3. The standard InChI is InChI=1S/C50H31N3O/c1-3-13-32(14-4-1)44-31-45(33-15-5-2-6-16-33)53-49(52-44)36-25-27-47-43(30-36)50(40-22-9-7-19-38(40)39-20-8-10-23-41(39)50)42-29-35(24-26-46(42)54-47)37-21-11-17-34-18-12-28-51-48(34)37/h1-31H. The maximum atomic E-state index is 6.89. The van der Waals surface area contributed by atoms with Crippen LogP contribution in [-0.2, 0) is 5.41 Å². The first-order chi connectivity index (χ1) is 26.8. The van der Waals surface area contributed by atoms with Crippen molar-refractivity contribution in [3.05, 3.63) is 210 Å². The van der Waals surface area contributed by atoms with Crippen molar-refractivity contribution in [2.75, 3.05) is 0 Å². The molecule has 1 aliphatic heterocycles. The molecule has 4 nitrogen and oxygen atoms in total. The lowest BCUT2D eigenvalue weighted by molar-refractivity contribution is 0.436. The topological polar surface area (TPSA) is 47.9 Å². The fraction of sp³-hybridized carbons (Fsp3) is 0.0200. The summed E-state index contributed by atoms with van der Waals surface area (Å²) < 4.78 is 6.89. The zero-order valence-electron chi connectivity index (χ0n) is 29.1. The smallest absolute Gasteiger partial charge is 0.160 e. The molecule has 0 amide bonds. The van der Waals surface area contributed by atoms with Crippen molar-refractivity contribution in [3.8, 4) is 67.7 Å². The van der Waals surface area contributed by atoms with E-state index in [1.165, 1.54) is 22.3 Å². The molecule has 4 heteroatoms. The minimum atomic E-state index is -0.667. The van der Waals surface area contributed by atoms with Crippen LogP contribution in [0, 0.1) is 0 Å². The van der Waals surface area contributed by atoms with Crippen LogP contribution in [-0.4, -0.2) is 15.0 Å². The molecule has 11 rings (SSSR count). The van der Waals surface area contributed by atoms with Gasteiger partial charge in [-0.1, -0.05) is 140 Å². The van der Waals surface area contributed by atoms with Crippen molar-refractivity contribution in [2.45, 2.75) is 5.41 Å². The van der Waals surface area contributed by atoms with Crippen molar-refractivity contribution in [1.29, 1.82) is 0 Å². The SMILES string of the molecule is c1ccc(-c2cc(-c3ccccc3)nc(-c3ccc4c(c3)C3(c5cc(-c6cccc7cccnc67)ccc5O4)c4ccccc4-c4ccccc43)n2)cc1. The van der Waals surface area contributed by atoms with Crippen LogP contribution in [0.15, 0.2) is 188 Å². The second-order valence-electron chi connectivity index (χ2n) is 13.9. The molecule has 252 valence electrons. The van der Waals surface area contributed by atoms with E-state index in [1.807, 2.05) is 48.7 Å². The molecule has 2 aromatic heterocycles. The zero-order chi connectivity index (χ0) is 35.6. The molecule has 0 radical (unpaired) electrons. The largest absolute Gasteiger partial charge is 0.457 e. The number of para-hydroxylation sites is 1. The van der Waals surface area contributed by atoms with E-state index in [9.17, 15) is 0 Å². The van der Waals surface area contributed by atoms with Crippen molar-refractivity contribution in [2.24, 2.45) is 0 Å². The average Bonchev–Trinajstić information content (AvgIpc) is 3.54. The van der Waals surface area contributed by atoms with E-state index in [0.717, 1.165) is 72.7 Å². The van der Waals surface area contributed by atoms with Gasteiger partial charge in [0.25, 0.3) is 0 Å². The first-order valence-corrected chi connectivity index (χ1v) is 18.3. The lowest BCUT2D eigenvalue weighted by Crippen LogP contribution is -2.32. The van der Waals surface area contributed by atoms with Crippen molar-refractivity contribution < 1.29 is 4.74 Å². The monoisotopic (exact) mass is 689 g/mol. The quantitative estimate of drug-likeness (QED) is 0.185. The number of nitrogens with zero attached hydrogens (tertiary/aromatic N) is 3. The number of rotatable bonds is 4. The molecule has 54 heavy (non-hydrogen) atoms. The van der Waals surface area contributed by atoms with E-state index in [2.05, 4.69) is 140 Å². The van der Waals surface area contributed by atoms with Crippen LogP contribution in [0.3, 0.4) is 0 Å². The molecule has 7 aromatic carbocycles. The Morgan fingerprint density at radius 3 is 1.57 bits per heavy atom. The number of pyridine rings is 1. The Labute approximate surface area is 313 Å². The predicted molar refractivity (Wildman–Crippen MR) is 216 cm³/mol. The number of hydrogen-bond acceptors (Lipinski definition) is 4. The number of benzene rings is 7. The maximum absolute atomic E-state index is 6.89. The normalized spacial score (nSPS) is 13.1. The van der Waals surface area contributed by atoms with Gasteiger partial charge >= 0.3 is 0 Å². The highest BCUT2D eigenvalue weighted by Gasteiger charge is 2.51. The lowest BCUT2D eigenvalue weighted by atomic mass is 9.65. The van der Waals surface area contributed by atoms with Crippen LogP contribution >= 0.6 is 0 Å². The van der Waals surface area contributed by atoms with Gasteiger partial charge in [0.15, 0.2) is 5.82 Å². The van der Waals surface area contributed by atoms with Crippen molar-refractivity contribution >= 4 is 10.9 Å². The Kier molecular flexibility index (Phi) is 6.73. The molecule has 0 fully saturated rings. The molecular formula is C50H31N3O. The molecule has 0 N–H and O–H groups in total. The summed E-state index contributed by atoms with van der Waals surface area (Å²) in [6.45, 7) is 0. The summed E-state index contributed by atoms with van der Waals surface area (Å²) in [6.07, 6.45) is 1.87. The van der Waals surface area contributed by atoms with E-state index in [-0.39, 0.29) is 0 Å². The van der Waals surface area contributed by atoms with E-state index in [1.54, 1.807) is 0 Å². The Balaban J connectivity index is 1.19. The highest BCUT2D eigenvalue weighted by Crippen LogP contribution is 2.62. The number of hydrogen-bond donors (Lipinski definition) is 0. The van der Waals surface area contributed by atoms with Gasteiger partial charge in [-0.25, -0.2) is 9.97 Å². The van der Waals surface area contributed by atoms with Crippen LogP contribution in [0.1, 0.15) is 22.3 Å². The van der Waals surface area contributed by atoms with Gasteiger partial charge in [-0.15, -0.1) is 0 Å². The zero-order valence-corrected chi connectivity index (χ0v) is 29.1. The molecule has 0 saturated heterocycles. The van der Waals surface area contributed by atoms with Crippen LogP contribution in [0.2, 0.25) is 0 Å². The molecule has 9 aromatic rings. The second kappa shape index (κ2) is 11.9. The average molecular weight is 690 g/mol. The van der Waals surface area contributed by atoms with E-state index >= 15 is 0 Å². The first kappa shape index (κ1) is 30.5. The van der Waals surface area contributed by atoms with Gasteiger partial charge in [0, 0.05) is 45.0 Å². The van der Waals surface area contributed by atoms with Crippen molar-refractivity contribution in [1.82, 2.24) is 15.0 Å². The summed E-state index contributed by atoms with van der Waals surface area (Å²) in [5.74, 6) is 2.32. The number of ether oxygens (including phenoxy) is 1. The summed E-state index contributed by atoms with van der Waals surface area (Å²) >= 11 is 0. The molecule has 0 atom stereocenters. The van der Waals surface area contributed by atoms with E-state index in [4.69, 9.17) is 19.7 Å². The van der Waals surface area contributed by atoms with Crippen LogP contribution in [0.25, 0.3) is 67.1 Å². The maximum Gasteiger partial charge on any atom is 0.160 e. The lowest BCUT2D eigenvalue weighted by Gasteiger charge is -2.40. The minimum Gasteiger partial charge on any atom is -0.457 e. The summed E-state index contributed by atoms with van der Waals surface area (Å²) in [6, 6.07) is 64.0. The number of fused-ring (bicyclic) bond motifs is 10. The summed E-state index contributed by atoms with van der Waals surface area (Å²) in [7, 11) is 0. The van der Waals surface area contributed by atoms with Crippen molar-refractivity contribution in [3.63, 3.8) is 0 Å². The Morgan fingerprint density at radius 2 is 0.926 bits per heavy atom. The van der Waals surface area contributed by atoms with Crippen LogP contribution in [0.5, 0.6) is 11.5 Å². The molecular weight excluding hydrogens is 659 g/mol. The fourth-order valence-electron chi connectivity index (χ4n) is 8.64.